The van der Waals surface area contributed by atoms with Gasteiger partial charge in [-0.15, -0.1) is 11.3 Å². The summed E-state index contributed by atoms with van der Waals surface area (Å²) in [5.74, 6) is 1.56. The van der Waals surface area contributed by atoms with Crippen LogP contribution in [0.5, 0.6) is 0 Å². The number of aromatic nitrogens is 1. The van der Waals surface area contributed by atoms with Crippen molar-refractivity contribution in [3.8, 4) is 0 Å². The van der Waals surface area contributed by atoms with Crippen molar-refractivity contribution >= 4 is 16.5 Å². The summed E-state index contributed by atoms with van der Waals surface area (Å²) in [5.41, 5.74) is 1.19. The van der Waals surface area contributed by atoms with E-state index in [1.54, 1.807) is 0 Å². The van der Waals surface area contributed by atoms with Crippen molar-refractivity contribution < 1.29 is 0 Å². The van der Waals surface area contributed by atoms with Crippen LogP contribution in [0.25, 0.3) is 0 Å². The van der Waals surface area contributed by atoms with Gasteiger partial charge in [0.25, 0.3) is 0 Å². The molecule has 1 aliphatic rings. The molecule has 1 aromatic heterocycles. The molecule has 4 heteroatoms. The molecule has 2 heterocycles. The molecule has 0 spiro atoms. The summed E-state index contributed by atoms with van der Waals surface area (Å²) in [5, 5.41) is 4.69. The first-order valence-corrected chi connectivity index (χ1v) is 7.80. The van der Waals surface area contributed by atoms with Crippen LogP contribution in [0.4, 0.5) is 5.13 Å². The Hall–Kier alpha value is -0.610. The molecule has 3 nitrogen and oxygen atoms in total. The summed E-state index contributed by atoms with van der Waals surface area (Å²) < 4.78 is 0. The molecule has 1 saturated heterocycles. The third-order valence-electron chi connectivity index (χ3n) is 3.98. The van der Waals surface area contributed by atoms with Gasteiger partial charge in [-0.25, -0.2) is 4.98 Å². The molecule has 3 atom stereocenters. The predicted octanol–water partition coefficient (Wildman–Crippen LogP) is 3.21. The topological polar surface area (TPSA) is 28.2 Å². The van der Waals surface area contributed by atoms with E-state index in [-0.39, 0.29) is 0 Å². The van der Waals surface area contributed by atoms with Gasteiger partial charge < -0.3 is 10.2 Å². The maximum absolute atomic E-state index is 4.77. The van der Waals surface area contributed by atoms with Crippen LogP contribution in [-0.4, -0.2) is 24.6 Å². The van der Waals surface area contributed by atoms with Gasteiger partial charge in [-0.3, -0.25) is 0 Å². The van der Waals surface area contributed by atoms with Crippen molar-refractivity contribution in [1.82, 2.24) is 10.3 Å². The fourth-order valence-corrected chi connectivity index (χ4v) is 3.73. The monoisotopic (exact) mass is 267 g/mol. The molecule has 18 heavy (non-hydrogen) atoms. The van der Waals surface area contributed by atoms with E-state index in [0.29, 0.717) is 6.04 Å². The SMILES string of the molecule is CCNC(C)c1sc(N2CC(C)C(C)C2)nc1C. The van der Waals surface area contributed by atoms with E-state index in [1.807, 2.05) is 11.3 Å². The maximum atomic E-state index is 4.77. The quantitative estimate of drug-likeness (QED) is 0.908. The Labute approximate surface area is 115 Å². The van der Waals surface area contributed by atoms with Gasteiger partial charge >= 0.3 is 0 Å². The molecule has 1 fully saturated rings. The smallest absolute Gasteiger partial charge is 0.185 e. The van der Waals surface area contributed by atoms with E-state index in [4.69, 9.17) is 4.98 Å². The molecular weight excluding hydrogens is 242 g/mol. The van der Waals surface area contributed by atoms with Crippen molar-refractivity contribution in [2.24, 2.45) is 11.8 Å². The van der Waals surface area contributed by atoms with Crippen molar-refractivity contribution in [2.45, 2.75) is 40.7 Å². The second-order valence-corrected chi connectivity index (χ2v) is 6.59. The summed E-state index contributed by atoms with van der Waals surface area (Å²) in [6.45, 7) is 14.5. The molecule has 3 unspecified atom stereocenters. The van der Waals surface area contributed by atoms with Gasteiger partial charge in [0.05, 0.1) is 5.69 Å². The van der Waals surface area contributed by atoms with Crippen molar-refractivity contribution in [3.05, 3.63) is 10.6 Å². The Bertz CT molecular complexity index is 392. The van der Waals surface area contributed by atoms with Gasteiger partial charge in [0, 0.05) is 24.0 Å². The van der Waals surface area contributed by atoms with Crippen molar-refractivity contribution in [3.63, 3.8) is 0 Å². The van der Waals surface area contributed by atoms with Crippen LogP contribution >= 0.6 is 11.3 Å². The normalized spacial score (nSPS) is 25.7. The van der Waals surface area contributed by atoms with Gasteiger partial charge in [0.1, 0.15) is 0 Å². The first-order chi connectivity index (χ1) is 8.52. The van der Waals surface area contributed by atoms with E-state index < -0.39 is 0 Å². The second-order valence-electron chi connectivity index (χ2n) is 5.59. The van der Waals surface area contributed by atoms with Gasteiger partial charge in [-0.05, 0) is 32.2 Å². The van der Waals surface area contributed by atoms with Crippen LogP contribution in [-0.2, 0) is 0 Å². The highest BCUT2D eigenvalue weighted by molar-refractivity contribution is 7.15. The molecule has 0 aromatic carbocycles. The third kappa shape index (κ3) is 2.69. The molecule has 0 radical (unpaired) electrons. The fraction of sp³-hybridized carbons (Fsp3) is 0.786. The third-order valence-corrected chi connectivity index (χ3v) is 5.38. The van der Waals surface area contributed by atoms with Crippen LogP contribution in [0.1, 0.15) is 44.3 Å². The zero-order chi connectivity index (χ0) is 13.3. The highest BCUT2D eigenvalue weighted by atomic mass is 32.1. The number of nitrogens with zero attached hydrogens (tertiary/aromatic N) is 2. The Kier molecular flexibility index (Phi) is 4.28. The second kappa shape index (κ2) is 5.57. The zero-order valence-corrected chi connectivity index (χ0v) is 13.0. The summed E-state index contributed by atoms with van der Waals surface area (Å²) >= 11 is 1.86. The molecule has 1 aromatic rings. The van der Waals surface area contributed by atoms with Crippen LogP contribution in [0.2, 0.25) is 0 Å². The zero-order valence-electron chi connectivity index (χ0n) is 12.2. The first kappa shape index (κ1) is 13.8. The lowest BCUT2D eigenvalue weighted by Crippen LogP contribution is -2.19. The molecule has 0 saturated carbocycles. The number of hydrogen-bond acceptors (Lipinski definition) is 4. The van der Waals surface area contributed by atoms with Crippen LogP contribution in [0.15, 0.2) is 0 Å². The molecule has 1 aliphatic heterocycles. The Morgan fingerprint density at radius 1 is 1.39 bits per heavy atom. The summed E-state index contributed by atoms with van der Waals surface area (Å²) in [4.78, 5) is 8.61. The minimum atomic E-state index is 0.415. The van der Waals surface area contributed by atoms with E-state index in [0.717, 1.165) is 31.5 Å². The van der Waals surface area contributed by atoms with Gasteiger partial charge in [-0.2, -0.15) is 0 Å². The van der Waals surface area contributed by atoms with Crippen LogP contribution in [0, 0.1) is 18.8 Å². The summed E-state index contributed by atoms with van der Waals surface area (Å²) in [7, 11) is 0. The summed E-state index contributed by atoms with van der Waals surface area (Å²) in [6.07, 6.45) is 0. The van der Waals surface area contributed by atoms with E-state index in [1.165, 1.54) is 15.7 Å². The minimum Gasteiger partial charge on any atom is -0.348 e. The first-order valence-electron chi connectivity index (χ1n) is 6.98. The Balaban J connectivity index is 2.14. The van der Waals surface area contributed by atoms with Crippen LogP contribution < -0.4 is 10.2 Å². The lowest BCUT2D eigenvalue weighted by Gasteiger charge is -2.14. The minimum absolute atomic E-state index is 0.415. The molecule has 102 valence electrons. The van der Waals surface area contributed by atoms with Crippen molar-refractivity contribution in [2.75, 3.05) is 24.5 Å². The van der Waals surface area contributed by atoms with E-state index in [9.17, 15) is 0 Å². The van der Waals surface area contributed by atoms with Gasteiger partial charge in [-0.1, -0.05) is 20.8 Å². The molecular formula is C14H25N3S. The molecule has 2 rings (SSSR count). The van der Waals surface area contributed by atoms with Crippen molar-refractivity contribution in [1.29, 1.82) is 0 Å². The van der Waals surface area contributed by atoms with E-state index >= 15 is 0 Å². The van der Waals surface area contributed by atoms with Crippen LogP contribution in [0.3, 0.4) is 0 Å². The lowest BCUT2D eigenvalue weighted by atomic mass is 10.0. The number of thiazole rings is 1. The maximum Gasteiger partial charge on any atom is 0.185 e. The number of anilines is 1. The summed E-state index contributed by atoms with van der Waals surface area (Å²) in [6, 6.07) is 0.415. The number of aryl methyl sites for hydroxylation is 1. The highest BCUT2D eigenvalue weighted by Crippen LogP contribution is 2.34. The Morgan fingerprint density at radius 3 is 2.56 bits per heavy atom. The highest BCUT2D eigenvalue weighted by Gasteiger charge is 2.28. The number of nitrogens with one attached hydrogen (secondary N) is 1. The predicted molar refractivity (Wildman–Crippen MR) is 79.5 cm³/mol. The van der Waals surface area contributed by atoms with Gasteiger partial charge in [0.15, 0.2) is 5.13 Å². The van der Waals surface area contributed by atoms with E-state index in [2.05, 4.69) is 44.8 Å². The average molecular weight is 267 g/mol. The molecule has 0 bridgehead atoms. The van der Waals surface area contributed by atoms with Gasteiger partial charge in [0.2, 0.25) is 0 Å². The number of hydrogen-bond donors (Lipinski definition) is 1. The molecule has 0 amide bonds. The average Bonchev–Trinajstić information content (AvgIpc) is 2.84. The standard InChI is InChI=1S/C14H25N3S/c1-6-15-11(4)13-12(5)16-14(18-13)17-7-9(2)10(3)8-17/h9-11,15H,6-8H2,1-5H3. The molecule has 1 N–H and O–H groups in total. The fourth-order valence-electron chi connectivity index (χ4n) is 2.62. The number of rotatable bonds is 4. The Morgan fingerprint density at radius 2 is 2.00 bits per heavy atom. The molecule has 0 aliphatic carbocycles. The lowest BCUT2D eigenvalue weighted by molar-refractivity contribution is 0.494. The largest absolute Gasteiger partial charge is 0.348 e.